The van der Waals surface area contributed by atoms with Crippen molar-refractivity contribution in [3.05, 3.63) is 57.2 Å². The maximum atomic E-state index is 12.8. The van der Waals surface area contributed by atoms with Crippen molar-refractivity contribution in [1.29, 1.82) is 0 Å². The van der Waals surface area contributed by atoms with Crippen molar-refractivity contribution in [2.45, 2.75) is 25.3 Å². The lowest BCUT2D eigenvalue weighted by molar-refractivity contribution is -0.384. The third-order valence-electron chi connectivity index (χ3n) is 4.55. The van der Waals surface area contributed by atoms with Crippen molar-refractivity contribution < 1.29 is 33.9 Å². The minimum atomic E-state index is -1.27. The molecule has 0 spiro atoms. The number of thioether (sulfide) groups is 1. The van der Waals surface area contributed by atoms with E-state index in [9.17, 15) is 29.6 Å². The molecule has 1 fully saturated rings. The van der Waals surface area contributed by atoms with E-state index in [1.807, 2.05) is 0 Å². The van der Waals surface area contributed by atoms with E-state index in [0.29, 0.717) is 17.1 Å². The number of carboxylic acids is 2. The molecule has 0 saturated carbocycles. The average Bonchev–Trinajstić information content (AvgIpc) is 3.30. The molecule has 0 aliphatic carbocycles. The minimum Gasteiger partial charge on any atom is -0.481 e. The summed E-state index contributed by atoms with van der Waals surface area (Å²) in [6.45, 7) is 0. The van der Waals surface area contributed by atoms with Crippen molar-refractivity contribution >= 4 is 57.9 Å². The summed E-state index contributed by atoms with van der Waals surface area (Å²) in [6.07, 6.45) is 1.25. The van der Waals surface area contributed by atoms with Gasteiger partial charge in [0.1, 0.15) is 21.9 Å². The zero-order valence-electron chi connectivity index (χ0n) is 16.3. The van der Waals surface area contributed by atoms with E-state index < -0.39 is 28.8 Å². The predicted molar refractivity (Wildman–Crippen MR) is 119 cm³/mol. The van der Waals surface area contributed by atoms with Crippen molar-refractivity contribution in [1.82, 2.24) is 4.90 Å². The second-order valence-electron chi connectivity index (χ2n) is 6.70. The monoisotopic (exact) mass is 476 g/mol. The first kappa shape index (κ1) is 23.2. The van der Waals surface area contributed by atoms with Gasteiger partial charge in [0.05, 0.1) is 9.83 Å². The van der Waals surface area contributed by atoms with Gasteiger partial charge in [0.25, 0.3) is 11.6 Å². The summed E-state index contributed by atoms with van der Waals surface area (Å²) in [5.41, 5.74) is 0.549. The Labute approximate surface area is 190 Å². The zero-order valence-corrected chi connectivity index (χ0v) is 17.9. The summed E-state index contributed by atoms with van der Waals surface area (Å²) >= 11 is 6.11. The SMILES string of the molecule is O=C(O)CCC[C@@H](C(=O)O)N1C(=O)/C(=C/c2ccc(-c3ccc([N+](=O)[O-])cc3)o2)SC1=S. The number of nitro groups is 1. The molecule has 0 unspecified atom stereocenters. The van der Waals surface area contributed by atoms with E-state index in [1.54, 1.807) is 12.1 Å². The van der Waals surface area contributed by atoms with Gasteiger partial charge in [-0.05, 0) is 37.1 Å². The molecule has 0 bridgehead atoms. The van der Waals surface area contributed by atoms with Gasteiger partial charge in [-0.2, -0.15) is 0 Å². The molecule has 2 aromatic rings. The highest BCUT2D eigenvalue weighted by Crippen LogP contribution is 2.36. The largest absolute Gasteiger partial charge is 0.481 e. The number of carbonyl (C=O) groups excluding carboxylic acids is 1. The molecule has 3 rings (SSSR count). The Kier molecular flexibility index (Phi) is 7.05. The lowest BCUT2D eigenvalue weighted by Crippen LogP contribution is -2.43. The molecule has 1 amide bonds. The van der Waals surface area contributed by atoms with Gasteiger partial charge in [-0.25, -0.2) is 4.79 Å². The number of amides is 1. The number of benzene rings is 1. The third-order valence-corrected chi connectivity index (χ3v) is 5.88. The Morgan fingerprint density at radius 3 is 2.50 bits per heavy atom. The first-order valence-corrected chi connectivity index (χ1v) is 10.5. The van der Waals surface area contributed by atoms with Crippen LogP contribution in [0.4, 0.5) is 5.69 Å². The number of carbonyl (C=O) groups is 3. The summed E-state index contributed by atoms with van der Waals surface area (Å²) in [5.74, 6) is -2.18. The van der Waals surface area contributed by atoms with Crippen LogP contribution in [0.25, 0.3) is 17.4 Å². The zero-order chi connectivity index (χ0) is 23.4. The first-order chi connectivity index (χ1) is 15.2. The van der Waals surface area contributed by atoms with Gasteiger partial charge in [0, 0.05) is 30.2 Å². The van der Waals surface area contributed by atoms with Crippen molar-refractivity contribution in [3.63, 3.8) is 0 Å². The summed E-state index contributed by atoms with van der Waals surface area (Å²) in [6, 6.07) is 7.74. The number of non-ortho nitro benzene ring substituents is 1. The molecule has 2 N–H and O–H groups in total. The number of rotatable bonds is 9. The van der Waals surface area contributed by atoms with Crippen LogP contribution >= 0.6 is 24.0 Å². The molecular formula is C20H16N2O8S2. The summed E-state index contributed by atoms with van der Waals surface area (Å²) in [5, 5.41) is 29.0. The number of nitrogens with zero attached hydrogens (tertiary/aromatic N) is 2. The van der Waals surface area contributed by atoms with E-state index in [1.165, 1.54) is 30.3 Å². The van der Waals surface area contributed by atoms with E-state index in [4.69, 9.17) is 21.7 Å². The maximum Gasteiger partial charge on any atom is 0.326 e. The summed E-state index contributed by atoms with van der Waals surface area (Å²) in [4.78, 5) is 46.6. The van der Waals surface area contributed by atoms with Crippen LogP contribution in [0.2, 0.25) is 0 Å². The Hall–Kier alpha value is -3.51. The van der Waals surface area contributed by atoms with Gasteiger partial charge < -0.3 is 14.6 Å². The maximum absolute atomic E-state index is 12.8. The molecule has 1 aliphatic rings. The summed E-state index contributed by atoms with van der Waals surface area (Å²) < 4.78 is 5.76. The lowest BCUT2D eigenvalue weighted by Gasteiger charge is -2.22. The van der Waals surface area contributed by atoms with E-state index in [0.717, 1.165) is 16.7 Å². The van der Waals surface area contributed by atoms with Crippen LogP contribution in [-0.4, -0.2) is 48.2 Å². The molecule has 0 radical (unpaired) electrons. The quantitative estimate of drug-likeness (QED) is 0.237. The molecule has 1 atom stereocenters. The smallest absolute Gasteiger partial charge is 0.326 e. The highest BCUT2D eigenvalue weighted by atomic mass is 32.2. The number of furan rings is 1. The normalized spacial score (nSPS) is 15.9. The van der Waals surface area contributed by atoms with Gasteiger partial charge >= 0.3 is 11.9 Å². The molecular weight excluding hydrogens is 460 g/mol. The van der Waals surface area contributed by atoms with Gasteiger partial charge in [0.2, 0.25) is 0 Å². The standard InChI is InChI=1S/C20H16N2O8S2/c23-17(24)3-1-2-14(19(26)27)21-18(25)16(32-20(21)31)10-13-8-9-15(30-13)11-4-6-12(7-5-11)22(28)29/h4-10,14H,1-3H2,(H,23,24)(H,26,27)/b16-10-/t14-/m0/s1. The highest BCUT2D eigenvalue weighted by Gasteiger charge is 2.40. The molecule has 32 heavy (non-hydrogen) atoms. The Balaban J connectivity index is 1.77. The fourth-order valence-corrected chi connectivity index (χ4v) is 4.36. The number of hydrogen-bond acceptors (Lipinski definition) is 8. The van der Waals surface area contributed by atoms with Crippen molar-refractivity contribution in [2.75, 3.05) is 0 Å². The molecule has 1 aliphatic heterocycles. The fourth-order valence-electron chi connectivity index (χ4n) is 3.02. The Bertz CT molecular complexity index is 1120. The van der Waals surface area contributed by atoms with E-state index in [2.05, 4.69) is 0 Å². The molecule has 12 heteroatoms. The van der Waals surface area contributed by atoms with Crippen LogP contribution < -0.4 is 0 Å². The van der Waals surface area contributed by atoms with Crippen LogP contribution in [0.1, 0.15) is 25.0 Å². The predicted octanol–water partition coefficient (Wildman–Crippen LogP) is 3.76. The Morgan fingerprint density at radius 1 is 1.22 bits per heavy atom. The van der Waals surface area contributed by atoms with Crippen molar-refractivity contribution in [3.8, 4) is 11.3 Å². The van der Waals surface area contributed by atoms with Crippen LogP contribution in [-0.2, 0) is 14.4 Å². The molecule has 166 valence electrons. The molecule has 1 saturated heterocycles. The third kappa shape index (κ3) is 5.21. The van der Waals surface area contributed by atoms with E-state index in [-0.39, 0.29) is 34.2 Å². The van der Waals surface area contributed by atoms with Gasteiger partial charge in [0.15, 0.2) is 0 Å². The topological polar surface area (TPSA) is 151 Å². The number of hydrogen-bond donors (Lipinski definition) is 2. The van der Waals surface area contributed by atoms with Crippen LogP contribution in [0.3, 0.4) is 0 Å². The van der Waals surface area contributed by atoms with Crippen LogP contribution in [0, 0.1) is 10.1 Å². The van der Waals surface area contributed by atoms with Gasteiger partial charge in [-0.15, -0.1) is 0 Å². The number of thiocarbonyl (C=S) groups is 1. The Morgan fingerprint density at radius 2 is 1.91 bits per heavy atom. The highest BCUT2D eigenvalue weighted by molar-refractivity contribution is 8.26. The van der Waals surface area contributed by atoms with Crippen LogP contribution in [0.15, 0.2) is 45.7 Å². The molecule has 1 aromatic carbocycles. The summed E-state index contributed by atoms with van der Waals surface area (Å²) in [7, 11) is 0. The minimum absolute atomic E-state index is 0.0492. The number of nitro benzene ring substituents is 1. The molecule has 10 nitrogen and oxygen atoms in total. The van der Waals surface area contributed by atoms with Crippen LogP contribution in [0.5, 0.6) is 0 Å². The second-order valence-corrected chi connectivity index (χ2v) is 8.37. The lowest BCUT2D eigenvalue weighted by atomic mass is 10.1. The van der Waals surface area contributed by atoms with E-state index >= 15 is 0 Å². The fraction of sp³-hybridized carbons (Fsp3) is 0.200. The number of aliphatic carboxylic acids is 2. The van der Waals surface area contributed by atoms with Crippen molar-refractivity contribution in [2.24, 2.45) is 0 Å². The van der Waals surface area contributed by atoms with Gasteiger partial charge in [-0.3, -0.25) is 24.6 Å². The molecule has 2 heterocycles. The number of carboxylic acid groups (broad SMARTS) is 2. The average molecular weight is 476 g/mol. The second kappa shape index (κ2) is 9.75. The van der Waals surface area contributed by atoms with Gasteiger partial charge in [-0.1, -0.05) is 24.0 Å². The molecule has 1 aromatic heterocycles. The first-order valence-electron chi connectivity index (χ1n) is 9.23.